The SMILES string of the molecule is COc1ccnc(-n2c3[c-]c(Oc4[c-]c(-n5nc(C)c(C6C(C(C)C)=CCC[C@@H]6C(C)C)c5C)cc(C)c4)ccc3c3ccccc32)c1.[Pt+2]. The molecule has 7 heteroatoms. The largest absolute Gasteiger partial charge is 2.00 e. The molecule has 0 fully saturated rings. The molecule has 0 spiro atoms. The van der Waals surface area contributed by atoms with Crippen LogP contribution < -0.4 is 9.47 Å². The van der Waals surface area contributed by atoms with Crippen LogP contribution in [-0.2, 0) is 21.1 Å². The maximum atomic E-state index is 6.53. The van der Waals surface area contributed by atoms with E-state index in [1.165, 1.54) is 17.7 Å². The summed E-state index contributed by atoms with van der Waals surface area (Å²) in [4.78, 5) is 4.68. The summed E-state index contributed by atoms with van der Waals surface area (Å²) in [7, 11) is 1.67. The summed E-state index contributed by atoms with van der Waals surface area (Å²) in [5.41, 5.74) is 9.05. The van der Waals surface area contributed by atoms with Gasteiger partial charge in [-0.1, -0.05) is 70.0 Å². The van der Waals surface area contributed by atoms with E-state index in [4.69, 9.17) is 14.6 Å². The Balaban J connectivity index is 0.00000417. The van der Waals surface area contributed by atoms with Crippen LogP contribution in [0.15, 0.2) is 78.5 Å². The fourth-order valence-corrected chi connectivity index (χ4v) is 7.79. The molecule has 0 radical (unpaired) electrons. The number of aryl methyl sites for hydroxylation is 2. The van der Waals surface area contributed by atoms with Gasteiger partial charge in [-0.25, -0.2) is 4.98 Å². The molecule has 1 aliphatic carbocycles. The summed E-state index contributed by atoms with van der Waals surface area (Å²) in [6.07, 6.45) is 6.63. The van der Waals surface area contributed by atoms with Gasteiger partial charge in [0.15, 0.2) is 0 Å². The first-order chi connectivity index (χ1) is 23.1. The van der Waals surface area contributed by atoms with E-state index in [-0.39, 0.29) is 21.1 Å². The third kappa shape index (κ3) is 6.36. The van der Waals surface area contributed by atoms with E-state index in [0.29, 0.717) is 35.2 Å². The molecule has 3 aromatic carbocycles. The Hall–Kier alpha value is -4.15. The van der Waals surface area contributed by atoms with Crippen molar-refractivity contribution < 1.29 is 30.5 Å². The molecule has 3 aromatic heterocycles. The van der Waals surface area contributed by atoms with Crippen molar-refractivity contribution in [2.75, 3.05) is 7.11 Å². The number of methoxy groups -OCH3 is 1. The number of nitrogens with zero attached hydrogens (tertiary/aromatic N) is 4. The van der Waals surface area contributed by atoms with Gasteiger partial charge < -0.3 is 14.0 Å². The van der Waals surface area contributed by atoms with Crippen molar-refractivity contribution in [1.29, 1.82) is 0 Å². The van der Waals surface area contributed by atoms with Gasteiger partial charge in [0.2, 0.25) is 0 Å². The second-order valence-corrected chi connectivity index (χ2v) is 13.8. The zero-order chi connectivity index (χ0) is 33.7. The van der Waals surface area contributed by atoms with Crippen molar-refractivity contribution in [2.45, 2.75) is 67.2 Å². The normalized spacial score (nSPS) is 16.3. The Kier molecular flexibility index (Phi) is 9.91. The quantitative estimate of drug-likeness (QED) is 0.113. The predicted octanol–water partition coefficient (Wildman–Crippen LogP) is 10.4. The molecular formula is C42H44N4O2Pt. The Labute approximate surface area is 304 Å². The number of aromatic nitrogens is 4. The molecule has 254 valence electrons. The maximum absolute atomic E-state index is 6.53. The molecule has 6 aromatic rings. The van der Waals surface area contributed by atoms with Crippen molar-refractivity contribution in [3.8, 4) is 28.8 Å². The van der Waals surface area contributed by atoms with Gasteiger partial charge in [-0.2, -0.15) is 16.7 Å². The first kappa shape index (κ1) is 34.7. The van der Waals surface area contributed by atoms with Gasteiger partial charge in [-0.05, 0) is 67.6 Å². The van der Waals surface area contributed by atoms with Crippen LogP contribution in [0.3, 0.4) is 0 Å². The summed E-state index contributed by atoms with van der Waals surface area (Å²) in [6, 6.07) is 27.4. The van der Waals surface area contributed by atoms with E-state index in [9.17, 15) is 0 Å². The number of fused-ring (bicyclic) bond motifs is 3. The average molecular weight is 832 g/mol. The van der Waals surface area contributed by atoms with Gasteiger partial charge in [0.25, 0.3) is 0 Å². The zero-order valence-electron chi connectivity index (χ0n) is 29.6. The van der Waals surface area contributed by atoms with Gasteiger partial charge in [0.1, 0.15) is 11.6 Å². The van der Waals surface area contributed by atoms with Crippen molar-refractivity contribution in [1.82, 2.24) is 19.3 Å². The van der Waals surface area contributed by atoms with E-state index in [1.807, 2.05) is 30.3 Å². The molecule has 1 aliphatic rings. The molecule has 0 bridgehead atoms. The Morgan fingerprint density at radius 2 is 1.69 bits per heavy atom. The Morgan fingerprint density at radius 1 is 0.898 bits per heavy atom. The first-order valence-electron chi connectivity index (χ1n) is 17.1. The number of hydrogen-bond acceptors (Lipinski definition) is 4. The number of pyridine rings is 1. The minimum absolute atomic E-state index is 0. The molecule has 3 heterocycles. The number of benzene rings is 3. The number of para-hydroxylation sites is 1. The molecule has 0 amide bonds. The summed E-state index contributed by atoms with van der Waals surface area (Å²) in [5.74, 6) is 4.78. The third-order valence-corrected chi connectivity index (χ3v) is 10.0. The zero-order valence-corrected chi connectivity index (χ0v) is 31.8. The average Bonchev–Trinajstić information content (AvgIpc) is 3.56. The molecule has 0 saturated heterocycles. The second-order valence-electron chi connectivity index (χ2n) is 13.8. The van der Waals surface area contributed by atoms with Crippen LogP contribution in [0.4, 0.5) is 0 Å². The van der Waals surface area contributed by atoms with Crippen molar-refractivity contribution in [3.63, 3.8) is 0 Å². The summed E-state index contributed by atoms with van der Waals surface area (Å²) < 4.78 is 16.2. The van der Waals surface area contributed by atoms with Crippen LogP contribution in [0.5, 0.6) is 17.2 Å². The molecule has 6 nitrogen and oxygen atoms in total. The molecule has 2 atom stereocenters. The molecule has 0 saturated carbocycles. The Bertz CT molecular complexity index is 2170. The van der Waals surface area contributed by atoms with Gasteiger partial charge in [-0.3, -0.25) is 4.68 Å². The predicted molar refractivity (Wildman–Crippen MR) is 194 cm³/mol. The topological polar surface area (TPSA) is 54.1 Å². The van der Waals surface area contributed by atoms with Gasteiger partial charge in [0.05, 0.1) is 12.8 Å². The third-order valence-electron chi connectivity index (χ3n) is 10.0. The van der Waals surface area contributed by atoms with Gasteiger partial charge >= 0.3 is 21.1 Å². The molecular weight excluding hydrogens is 788 g/mol. The summed E-state index contributed by atoms with van der Waals surface area (Å²) >= 11 is 0. The molecule has 1 unspecified atom stereocenters. The van der Waals surface area contributed by atoms with E-state index in [2.05, 4.69) is 111 Å². The Morgan fingerprint density at radius 3 is 2.45 bits per heavy atom. The molecule has 49 heavy (non-hydrogen) atoms. The van der Waals surface area contributed by atoms with E-state index in [1.54, 1.807) is 18.9 Å². The van der Waals surface area contributed by atoms with Crippen LogP contribution in [0.1, 0.15) is 69.0 Å². The first-order valence-corrected chi connectivity index (χ1v) is 17.1. The molecule has 0 aliphatic heterocycles. The summed E-state index contributed by atoms with van der Waals surface area (Å²) in [5, 5.41) is 7.33. The smallest absolute Gasteiger partial charge is 0.509 e. The van der Waals surface area contributed by atoms with Crippen molar-refractivity contribution in [3.05, 3.63) is 113 Å². The van der Waals surface area contributed by atoms with Gasteiger partial charge in [0, 0.05) is 46.5 Å². The fraction of sp³-hybridized carbons (Fsp3) is 0.333. The van der Waals surface area contributed by atoms with Crippen LogP contribution in [0.25, 0.3) is 33.3 Å². The maximum Gasteiger partial charge on any atom is 2.00 e. The second kappa shape index (κ2) is 14.0. The van der Waals surface area contributed by atoms with Crippen LogP contribution in [-0.4, -0.2) is 26.4 Å². The van der Waals surface area contributed by atoms with Crippen LogP contribution in [0, 0.1) is 50.7 Å². The van der Waals surface area contributed by atoms with E-state index >= 15 is 0 Å². The van der Waals surface area contributed by atoms with Crippen molar-refractivity contribution in [2.24, 2.45) is 17.8 Å². The standard InChI is InChI=1S/C42H44N4O2.Pt/c1-25(2)34-13-11-14-35(26(3)4)42(34)41-28(6)44-46(29(41)7)30-20-27(5)21-33(22-30)48-32-16-17-37-36-12-9-10-15-38(36)45(39(37)23-32)40-24-31(47-8)18-19-43-40;/h9-10,12-13,15-21,24-26,35,42H,11,14H2,1-8H3;/q-2;+2/t35-,42?;/m1./s1. The van der Waals surface area contributed by atoms with Crippen molar-refractivity contribution >= 4 is 21.8 Å². The van der Waals surface area contributed by atoms with E-state index < -0.39 is 0 Å². The van der Waals surface area contributed by atoms with E-state index in [0.717, 1.165) is 56.7 Å². The van der Waals surface area contributed by atoms with Crippen LogP contribution >= 0.6 is 0 Å². The number of rotatable bonds is 8. The summed E-state index contributed by atoms with van der Waals surface area (Å²) in [6.45, 7) is 15.9. The number of allylic oxidation sites excluding steroid dienone is 2. The minimum Gasteiger partial charge on any atom is -0.509 e. The minimum atomic E-state index is 0. The monoisotopic (exact) mass is 831 g/mol. The van der Waals surface area contributed by atoms with Gasteiger partial charge in [-0.15, -0.1) is 35.7 Å². The number of ether oxygens (including phenoxy) is 2. The number of hydrogen-bond donors (Lipinski definition) is 0. The molecule has 7 rings (SSSR count). The fourth-order valence-electron chi connectivity index (χ4n) is 7.79. The molecule has 0 N–H and O–H groups in total. The van der Waals surface area contributed by atoms with Crippen LogP contribution in [0.2, 0.25) is 0 Å².